The van der Waals surface area contributed by atoms with Crippen molar-refractivity contribution in [3.8, 4) is 11.5 Å². The highest BCUT2D eigenvalue weighted by Crippen LogP contribution is 2.28. The van der Waals surface area contributed by atoms with Crippen molar-refractivity contribution in [3.63, 3.8) is 0 Å². The summed E-state index contributed by atoms with van der Waals surface area (Å²) in [6.07, 6.45) is 1.29. The molecule has 0 bridgehead atoms. The Morgan fingerprint density at radius 1 is 1.03 bits per heavy atom. The largest absolute Gasteiger partial charge is 0.494 e. The molecule has 1 aliphatic rings. The van der Waals surface area contributed by atoms with Crippen molar-refractivity contribution >= 4 is 23.2 Å². The number of hydrogen-bond donors (Lipinski definition) is 1. The number of hydrogen-bond acceptors (Lipinski definition) is 4. The Morgan fingerprint density at radius 2 is 1.68 bits per heavy atom. The van der Waals surface area contributed by atoms with Crippen LogP contribution in [-0.2, 0) is 9.59 Å². The Morgan fingerprint density at radius 3 is 2.29 bits per heavy atom. The summed E-state index contributed by atoms with van der Waals surface area (Å²) in [5.74, 6) is 1.55. The molecule has 2 amide bonds. The van der Waals surface area contributed by atoms with Gasteiger partial charge in [0.25, 0.3) is 0 Å². The zero-order valence-corrected chi connectivity index (χ0v) is 18.8. The summed E-state index contributed by atoms with van der Waals surface area (Å²) >= 11 is 0. The Labute approximate surface area is 184 Å². The van der Waals surface area contributed by atoms with Gasteiger partial charge in [-0.1, -0.05) is 13.8 Å². The molecule has 1 heterocycles. The van der Waals surface area contributed by atoms with Crippen LogP contribution in [-0.4, -0.2) is 31.1 Å². The normalized spacial score (nSPS) is 16.1. The van der Waals surface area contributed by atoms with Crippen molar-refractivity contribution in [1.29, 1.82) is 0 Å². The second kappa shape index (κ2) is 10.3. The van der Waals surface area contributed by atoms with Gasteiger partial charge < -0.3 is 19.7 Å². The van der Waals surface area contributed by atoms with E-state index in [1.807, 2.05) is 62.4 Å². The molecule has 0 spiro atoms. The smallest absolute Gasteiger partial charge is 0.229 e. The van der Waals surface area contributed by atoms with Crippen LogP contribution in [0.2, 0.25) is 0 Å². The molecule has 31 heavy (non-hydrogen) atoms. The van der Waals surface area contributed by atoms with Crippen LogP contribution in [0, 0.1) is 11.8 Å². The van der Waals surface area contributed by atoms with Crippen LogP contribution in [0.1, 0.15) is 40.5 Å². The molecule has 1 fully saturated rings. The van der Waals surface area contributed by atoms with Gasteiger partial charge in [-0.3, -0.25) is 9.59 Å². The van der Waals surface area contributed by atoms with Crippen molar-refractivity contribution < 1.29 is 19.1 Å². The Balaban J connectivity index is 1.54. The van der Waals surface area contributed by atoms with Gasteiger partial charge in [0, 0.05) is 24.3 Å². The van der Waals surface area contributed by atoms with Crippen molar-refractivity contribution in [3.05, 3.63) is 48.5 Å². The maximum absolute atomic E-state index is 12.7. The van der Waals surface area contributed by atoms with Crippen LogP contribution < -0.4 is 19.7 Å². The topological polar surface area (TPSA) is 67.9 Å². The molecule has 0 aliphatic carbocycles. The van der Waals surface area contributed by atoms with Crippen LogP contribution in [0.25, 0.3) is 0 Å². The van der Waals surface area contributed by atoms with E-state index in [9.17, 15) is 9.59 Å². The zero-order valence-electron chi connectivity index (χ0n) is 18.8. The van der Waals surface area contributed by atoms with Gasteiger partial charge in [-0.2, -0.15) is 0 Å². The molecule has 0 aromatic heterocycles. The predicted molar refractivity (Wildman–Crippen MR) is 123 cm³/mol. The van der Waals surface area contributed by atoms with Gasteiger partial charge in [0.1, 0.15) is 11.5 Å². The summed E-state index contributed by atoms with van der Waals surface area (Å²) in [6, 6.07) is 14.8. The van der Waals surface area contributed by atoms with Gasteiger partial charge >= 0.3 is 0 Å². The number of anilines is 2. The molecular weight excluding hydrogens is 392 g/mol. The number of nitrogens with zero attached hydrogens (tertiary/aromatic N) is 1. The number of benzene rings is 2. The van der Waals surface area contributed by atoms with E-state index in [4.69, 9.17) is 9.47 Å². The zero-order chi connectivity index (χ0) is 22.4. The first kappa shape index (κ1) is 22.7. The number of ether oxygens (including phenoxy) is 2. The average Bonchev–Trinajstić information content (AvgIpc) is 3.11. The van der Waals surface area contributed by atoms with Gasteiger partial charge in [0.15, 0.2) is 0 Å². The molecule has 2 aromatic rings. The highest BCUT2D eigenvalue weighted by molar-refractivity contribution is 6.03. The predicted octanol–water partition coefficient (Wildman–Crippen LogP) is 4.89. The monoisotopic (exact) mass is 424 g/mol. The minimum Gasteiger partial charge on any atom is -0.494 e. The third-order valence-electron chi connectivity index (χ3n) is 5.10. The van der Waals surface area contributed by atoms with E-state index in [2.05, 4.69) is 19.2 Å². The van der Waals surface area contributed by atoms with Gasteiger partial charge in [-0.25, -0.2) is 0 Å². The van der Waals surface area contributed by atoms with Gasteiger partial charge in [-0.05, 0) is 74.7 Å². The number of carbonyl (C=O) groups is 2. The molecule has 6 heteroatoms. The first-order valence-electron chi connectivity index (χ1n) is 10.9. The number of nitrogens with one attached hydrogen (secondary N) is 1. The Hall–Kier alpha value is -3.02. The highest BCUT2D eigenvalue weighted by atomic mass is 16.5. The Kier molecular flexibility index (Phi) is 7.55. The summed E-state index contributed by atoms with van der Waals surface area (Å²) in [5.41, 5.74) is 1.47. The van der Waals surface area contributed by atoms with Crippen molar-refractivity contribution in [2.45, 2.75) is 46.6 Å². The number of amides is 2. The molecule has 1 aliphatic heterocycles. The fourth-order valence-corrected chi connectivity index (χ4v) is 3.40. The van der Waals surface area contributed by atoms with Crippen LogP contribution in [0.5, 0.6) is 11.5 Å². The summed E-state index contributed by atoms with van der Waals surface area (Å²) in [5, 5.41) is 2.92. The molecule has 0 radical (unpaired) electrons. The minimum atomic E-state index is -0.388. The van der Waals surface area contributed by atoms with E-state index < -0.39 is 0 Å². The molecule has 166 valence electrons. The van der Waals surface area contributed by atoms with Crippen LogP contribution in [0.4, 0.5) is 11.4 Å². The maximum atomic E-state index is 12.7. The maximum Gasteiger partial charge on any atom is 0.229 e. The van der Waals surface area contributed by atoms with Gasteiger partial charge in [0.2, 0.25) is 11.8 Å². The third kappa shape index (κ3) is 6.48. The lowest BCUT2D eigenvalue weighted by atomic mass is 10.1. The van der Waals surface area contributed by atoms with Gasteiger partial charge in [0.05, 0.1) is 18.6 Å². The lowest BCUT2D eigenvalue weighted by Crippen LogP contribution is -2.28. The first-order chi connectivity index (χ1) is 14.8. The molecule has 1 saturated heterocycles. The molecule has 1 N–H and O–H groups in total. The SMILES string of the molecule is CC(C)CCOc1ccc(NC(=O)[C@@H]2CC(=O)N(c3ccc(OC(C)C)cc3)C2)cc1. The molecule has 1 atom stereocenters. The van der Waals surface area contributed by atoms with E-state index in [1.54, 1.807) is 4.90 Å². The summed E-state index contributed by atoms with van der Waals surface area (Å²) < 4.78 is 11.4. The summed E-state index contributed by atoms with van der Waals surface area (Å²) in [7, 11) is 0. The molecular formula is C25H32N2O4. The second-order valence-corrected chi connectivity index (χ2v) is 8.61. The quantitative estimate of drug-likeness (QED) is 0.622. The van der Waals surface area contributed by atoms with E-state index in [0.717, 1.165) is 23.6 Å². The second-order valence-electron chi connectivity index (χ2n) is 8.61. The van der Waals surface area contributed by atoms with E-state index in [1.165, 1.54) is 0 Å². The molecule has 2 aromatic carbocycles. The van der Waals surface area contributed by atoms with Crippen LogP contribution in [0.3, 0.4) is 0 Å². The average molecular weight is 425 g/mol. The lowest BCUT2D eigenvalue weighted by molar-refractivity contribution is -0.122. The van der Waals surface area contributed by atoms with Crippen molar-refractivity contribution in [1.82, 2.24) is 0 Å². The molecule has 0 unspecified atom stereocenters. The van der Waals surface area contributed by atoms with E-state index in [-0.39, 0.29) is 30.3 Å². The first-order valence-corrected chi connectivity index (χ1v) is 10.9. The lowest BCUT2D eigenvalue weighted by Gasteiger charge is -2.18. The van der Waals surface area contributed by atoms with Crippen LogP contribution >= 0.6 is 0 Å². The summed E-state index contributed by atoms with van der Waals surface area (Å²) in [6.45, 7) is 9.29. The third-order valence-corrected chi connectivity index (χ3v) is 5.10. The van der Waals surface area contributed by atoms with E-state index in [0.29, 0.717) is 24.8 Å². The molecule has 6 nitrogen and oxygen atoms in total. The van der Waals surface area contributed by atoms with Gasteiger partial charge in [-0.15, -0.1) is 0 Å². The molecule has 3 rings (SSSR count). The fourth-order valence-electron chi connectivity index (χ4n) is 3.40. The van der Waals surface area contributed by atoms with E-state index >= 15 is 0 Å². The fraction of sp³-hybridized carbons (Fsp3) is 0.440. The number of carbonyl (C=O) groups excluding carboxylic acids is 2. The molecule has 0 saturated carbocycles. The Bertz CT molecular complexity index is 875. The van der Waals surface area contributed by atoms with Crippen LogP contribution in [0.15, 0.2) is 48.5 Å². The van der Waals surface area contributed by atoms with Crippen molar-refractivity contribution in [2.24, 2.45) is 11.8 Å². The summed E-state index contributed by atoms with van der Waals surface area (Å²) in [4.78, 5) is 26.9. The minimum absolute atomic E-state index is 0.0495. The highest BCUT2D eigenvalue weighted by Gasteiger charge is 2.35. The standard InChI is InChI=1S/C25H32N2O4/c1-17(2)13-14-30-22-9-5-20(6-10-22)26-25(29)19-15-24(28)27(16-19)21-7-11-23(12-8-21)31-18(3)4/h5-12,17-19H,13-16H2,1-4H3,(H,26,29)/t19-/m1/s1. The van der Waals surface area contributed by atoms with Crippen molar-refractivity contribution in [2.75, 3.05) is 23.4 Å². The number of rotatable bonds is 9.